The van der Waals surface area contributed by atoms with Crippen LogP contribution in [-0.4, -0.2) is 37.6 Å². The molecule has 3 heterocycles. The van der Waals surface area contributed by atoms with Gasteiger partial charge in [0.15, 0.2) is 5.82 Å². The summed E-state index contributed by atoms with van der Waals surface area (Å²) in [5, 5.41) is 16.4. The second-order valence-electron chi connectivity index (χ2n) is 4.15. The van der Waals surface area contributed by atoms with Crippen molar-refractivity contribution in [1.29, 1.82) is 0 Å². The minimum Gasteiger partial charge on any atom is -0.315 e. The number of aryl methyl sites for hydroxylation is 1. The van der Waals surface area contributed by atoms with E-state index >= 15 is 0 Å². The maximum atomic E-state index is 4.48. The van der Waals surface area contributed by atoms with E-state index in [4.69, 9.17) is 0 Å². The Kier molecular flexibility index (Phi) is 3.98. The van der Waals surface area contributed by atoms with Crippen LogP contribution in [0.5, 0.6) is 0 Å². The van der Waals surface area contributed by atoms with Crippen LogP contribution in [0.4, 0.5) is 0 Å². The second-order valence-corrected chi connectivity index (χ2v) is 4.15. The van der Waals surface area contributed by atoms with Crippen molar-refractivity contribution in [3.05, 3.63) is 18.1 Å². The zero-order valence-corrected chi connectivity index (χ0v) is 11.2. The van der Waals surface area contributed by atoms with Gasteiger partial charge in [-0.1, -0.05) is 0 Å². The van der Waals surface area contributed by atoms with Gasteiger partial charge >= 0.3 is 0 Å². The maximum Gasteiger partial charge on any atom is 0.184 e. The van der Waals surface area contributed by atoms with Crippen LogP contribution in [0.1, 0.15) is 12.7 Å². The fourth-order valence-corrected chi connectivity index (χ4v) is 2.12. The molecule has 0 bridgehead atoms. The predicted molar refractivity (Wildman–Crippen MR) is 70.7 cm³/mol. The van der Waals surface area contributed by atoms with Gasteiger partial charge in [0, 0.05) is 38.8 Å². The van der Waals surface area contributed by atoms with Gasteiger partial charge in [-0.15, -0.1) is 22.6 Å². The lowest BCUT2D eigenvalue weighted by Gasteiger charge is -2.04. The van der Waals surface area contributed by atoms with E-state index in [0.29, 0.717) is 0 Å². The van der Waals surface area contributed by atoms with E-state index < -0.39 is 0 Å². The summed E-state index contributed by atoms with van der Waals surface area (Å²) in [6.07, 6.45) is 2.91. The molecule has 0 saturated carbocycles. The molecule has 0 spiro atoms. The van der Waals surface area contributed by atoms with Crippen LogP contribution >= 0.6 is 12.4 Å². The smallest absolute Gasteiger partial charge is 0.184 e. The monoisotopic (exact) mass is 268 g/mol. The van der Waals surface area contributed by atoms with Crippen LogP contribution in [0.2, 0.25) is 0 Å². The highest BCUT2D eigenvalue weighted by Crippen LogP contribution is 2.17. The Bertz CT molecular complexity index is 517. The molecule has 0 atom stereocenters. The summed E-state index contributed by atoms with van der Waals surface area (Å²) in [6.45, 7) is 5.80. The van der Waals surface area contributed by atoms with Gasteiger partial charge in [-0.05, 0) is 13.0 Å². The number of aromatic nitrogens is 5. The third kappa shape index (κ3) is 2.26. The molecule has 1 N–H and O–H groups in total. The molecular weight excluding hydrogens is 252 g/mol. The fraction of sp³-hybridized carbons (Fsp3) is 0.545. The number of hydrogen-bond acceptors (Lipinski definition) is 4. The van der Waals surface area contributed by atoms with Crippen molar-refractivity contribution >= 4 is 12.4 Å². The Balaban J connectivity index is 0.00000120. The lowest BCUT2D eigenvalue weighted by atomic mass is 10.4. The van der Waals surface area contributed by atoms with Gasteiger partial charge in [0.2, 0.25) is 0 Å². The van der Waals surface area contributed by atoms with E-state index in [9.17, 15) is 0 Å². The van der Waals surface area contributed by atoms with E-state index in [1.165, 1.54) is 0 Å². The first kappa shape index (κ1) is 13.0. The average molecular weight is 269 g/mol. The Morgan fingerprint density at radius 2 is 2.22 bits per heavy atom. The zero-order chi connectivity index (χ0) is 11.7. The maximum absolute atomic E-state index is 4.48. The third-order valence-corrected chi connectivity index (χ3v) is 3.06. The van der Waals surface area contributed by atoms with Crippen molar-refractivity contribution in [2.24, 2.45) is 0 Å². The molecule has 2 aromatic heterocycles. The molecule has 6 nitrogen and oxygen atoms in total. The number of halogens is 1. The van der Waals surface area contributed by atoms with Gasteiger partial charge in [0.25, 0.3) is 0 Å². The molecule has 0 saturated heterocycles. The topological polar surface area (TPSA) is 60.6 Å². The number of rotatable bonds is 2. The van der Waals surface area contributed by atoms with Crippen molar-refractivity contribution in [1.82, 2.24) is 29.9 Å². The predicted octanol–water partition coefficient (Wildman–Crippen LogP) is 0.729. The molecule has 7 heteroatoms. The minimum atomic E-state index is 0. The lowest BCUT2D eigenvalue weighted by Crippen LogP contribution is -2.17. The normalized spacial score (nSPS) is 14.7. The van der Waals surface area contributed by atoms with Gasteiger partial charge in [0.05, 0.1) is 0 Å². The Labute approximate surface area is 112 Å². The standard InChI is InChI=1S/C11H16N6.ClH/c1-2-16-7-4-9(15-16)11-14-13-10-3-5-12-6-8-17(10)11;/h4,7,12H,2-3,5-6,8H2,1H3;1H. The second kappa shape index (κ2) is 5.49. The third-order valence-electron chi connectivity index (χ3n) is 3.06. The van der Waals surface area contributed by atoms with Crippen molar-refractivity contribution in [2.45, 2.75) is 26.4 Å². The molecule has 98 valence electrons. The minimum absolute atomic E-state index is 0. The van der Waals surface area contributed by atoms with Gasteiger partial charge in [-0.2, -0.15) is 5.10 Å². The number of fused-ring (bicyclic) bond motifs is 1. The molecule has 0 radical (unpaired) electrons. The first-order valence-electron chi connectivity index (χ1n) is 6.05. The summed E-state index contributed by atoms with van der Waals surface area (Å²) in [7, 11) is 0. The van der Waals surface area contributed by atoms with Crippen LogP contribution < -0.4 is 5.32 Å². The van der Waals surface area contributed by atoms with E-state index in [2.05, 4.69) is 32.1 Å². The molecule has 1 aliphatic heterocycles. The summed E-state index contributed by atoms with van der Waals surface area (Å²) in [4.78, 5) is 0. The quantitative estimate of drug-likeness (QED) is 0.872. The summed E-state index contributed by atoms with van der Waals surface area (Å²) in [5.41, 5.74) is 0.910. The molecule has 0 amide bonds. The summed E-state index contributed by atoms with van der Waals surface area (Å²) < 4.78 is 4.08. The van der Waals surface area contributed by atoms with Crippen LogP contribution in [0.25, 0.3) is 11.5 Å². The van der Waals surface area contributed by atoms with Crippen LogP contribution in [0, 0.1) is 0 Å². The molecule has 18 heavy (non-hydrogen) atoms. The van der Waals surface area contributed by atoms with Crippen LogP contribution in [-0.2, 0) is 19.5 Å². The van der Waals surface area contributed by atoms with Gasteiger partial charge in [0.1, 0.15) is 11.5 Å². The molecule has 3 rings (SSSR count). The Morgan fingerprint density at radius 1 is 1.33 bits per heavy atom. The molecule has 2 aromatic rings. The van der Waals surface area contributed by atoms with E-state index in [1.54, 1.807) is 0 Å². The zero-order valence-electron chi connectivity index (χ0n) is 10.3. The number of nitrogens with zero attached hydrogens (tertiary/aromatic N) is 5. The van der Waals surface area contributed by atoms with Crippen molar-refractivity contribution in [3.63, 3.8) is 0 Å². The molecule has 0 aliphatic carbocycles. The first-order chi connectivity index (χ1) is 8.38. The Morgan fingerprint density at radius 3 is 3.00 bits per heavy atom. The molecular formula is C11H17ClN6. The van der Waals surface area contributed by atoms with Gasteiger partial charge in [-0.25, -0.2) is 0 Å². The summed E-state index contributed by atoms with van der Waals surface area (Å²) >= 11 is 0. The van der Waals surface area contributed by atoms with Crippen molar-refractivity contribution in [2.75, 3.05) is 13.1 Å². The van der Waals surface area contributed by atoms with Crippen LogP contribution in [0.15, 0.2) is 12.3 Å². The van der Waals surface area contributed by atoms with Crippen molar-refractivity contribution < 1.29 is 0 Å². The molecule has 0 fully saturated rings. The average Bonchev–Trinajstić information content (AvgIpc) is 2.90. The summed E-state index contributed by atoms with van der Waals surface area (Å²) in [5.74, 6) is 1.94. The lowest BCUT2D eigenvalue weighted by molar-refractivity contribution is 0.639. The van der Waals surface area contributed by atoms with E-state index in [0.717, 1.165) is 49.9 Å². The fourth-order valence-electron chi connectivity index (χ4n) is 2.12. The molecule has 0 unspecified atom stereocenters. The largest absolute Gasteiger partial charge is 0.315 e. The number of hydrogen-bond donors (Lipinski definition) is 1. The molecule has 0 aromatic carbocycles. The highest BCUT2D eigenvalue weighted by atomic mass is 35.5. The van der Waals surface area contributed by atoms with Crippen molar-refractivity contribution in [3.8, 4) is 11.5 Å². The van der Waals surface area contributed by atoms with E-state index in [1.807, 2.05) is 16.9 Å². The Hall–Kier alpha value is -1.40. The first-order valence-corrected chi connectivity index (χ1v) is 6.05. The highest BCUT2D eigenvalue weighted by Gasteiger charge is 2.17. The SMILES string of the molecule is CCn1ccc(-c2nnc3n2CCNCC3)n1.Cl. The van der Waals surface area contributed by atoms with Crippen LogP contribution in [0.3, 0.4) is 0 Å². The molecule has 1 aliphatic rings. The summed E-state index contributed by atoms with van der Waals surface area (Å²) in [6, 6.07) is 2.00. The van der Waals surface area contributed by atoms with Gasteiger partial charge < -0.3 is 9.88 Å². The number of nitrogens with one attached hydrogen (secondary N) is 1. The highest BCUT2D eigenvalue weighted by molar-refractivity contribution is 5.85. The van der Waals surface area contributed by atoms with Gasteiger partial charge in [-0.3, -0.25) is 4.68 Å². The van der Waals surface area contributed by atoms with E-state index in [-0.39, 0.29) is 12.4 Å².